The molecule has 3 aromatic rings. The fourth-order valence-electron chi connectivity index (χ4n) is 2.69. The topological polar surface area (TPSA) is 91.5 Å². The third-order valence-electron chi connectivity index (χ3n) is 4.46. The molecule has 1 heterocycles. The van der Waals surface area contributed by atoms with Crippen molar-refractivity contribution in [2.45, 2.75) is 39.7 Å². The maximum Gasteiger partial charge on any atom is 0.306 e. The summed E-state index contributed by atoms with van der Waals surface area (Å²) in [5, 5.41) is 3.77. The summed E-state index contributed by atoms with van der Waals surface area (Å²) in [6.07, 6.45) is 0.848. The van der Waals surface area contributed by atoms with Crippen molar-refractivity contribution in [3.05, 3.63) is 65.3 Å². The fraction of sp³-hybridized carbons (Fsp3) is 0.304. The van der Waals surface area contributed by atoms with Gasteiger partial charge in [-0.05, 0) is 49.2 Å². The van der Waals surface area contributed by atoms with E-state index in [1.165, 1.54) is 6.07 Å². The number of nitrogens with zero attached hydrogens (tertiary/aromatic N) is 2. The van der Waals surface area contributed by atoms with Gasteiger partial charge in [-0.25, -0.2) is 4.39 Å². The van der Waals surface area contributed by atoms with E-state index in [9.17, 15) is 14.0 Å². The van der Waals surface area contributed by atoms with Crippen LogP contribution in [-0.4, -0.2) is 28.5 Å². The van der Waals surface area contributed by atoms with E-state index in [1.54, 1.807) is 43.3 Å². The van der Waals surface area contributed by atoms with Crippen LogP contribution in [0.1, 0.15) is 48.0 Å². The van der Waals surface area contributed by atoms with Crippen molar-refractivity contribution in [3.8, 4) is 17.1 Å². The summed E-state index contributed by atoms with van der Waals surface area (Å²) in [5.41, 5.74) is 1.47. The largest absolute Gasteiger partial charge is 0.494 e. The van der Waals surface area contributed by atoms with Gasteiger partial charge in [-0.1, -0.05) is 24.2 Å². The fourth-order valence-corrected chi connectivity index (χ4v) is 2.69. The zero-order chi connectivity index (χ0) is 22.2. The molecule has 0 spiro atoms. The molecule has 2 aromatic carbocycles. The second-order valence-corrected chi connectivity index (χ2v) is 6.93. The Hall–Kier alpha value is -3.55. The van der Waals surface area contributed by atoms with E-state index in [4.69, 9.17) is 14.0 Å². The van der Waals surface area contributed by atoms with E-state index in [2.05, 4.69) is 10.1 Å². The minimum atomic E-state index is -0.558. The Balaban J connectivity index is 1.45. The highest BCUT2D eigenvalue weighted by atomic mass is 19.1. The molecular formula is C23H23FN2O5. The first-order valence-corrected chi connectivity index (χ1v) is 9.97. The smallest absolute Gasteiger partial charge is 0.306 e. The van der Waals surface area contributed by atoms with Gasteiger partial charge in [0.2, 0.25) is 5.82 Å². The molecule has 0 aliphatic heterocycles. The summed E-state index contributed by atoms with van der Waals surface area (Å²) in [6, 6.07) is 11.4. The quantitative estimate of drug-likeness (QED) is 0.343. The molecule has 0 amide bonds. The molecule has 0 saturated heterocycles. The zero-order valence-electron chi connectivity index (χ0n) is 17.4. The Kier molecular flexibility index (Phi) is 7.48. The third-order valence-corrected chi connectivity index (χ3v) is 4.46. The first-order valence-electron chi connectivity index (χ1n) is 9.97. The number of Topliss-reactive ketones (excluding diaryl/α,β-unsaturated/α-hetero) is 1. The number of carbonyl (C=O) groups excluding carboxylic acids is 2. The first-order chi connectivity index (χ1) is 15.0. The summed E-state index contributed by atoms with van der Waals surface area (Å²) in [6.45, 7) is 4.06. The maximum atomic E-state index is 13.7. The SMILES string of the molecule is CCCOc1ccc(C(=O)CCC(=O)OCc2nc(-c3ccc(C)c(F)c3)no2)cc1. The Morgan fingerprint density at radius 3 is 2.58 bits per heavy atom. The highest BCUT2D eigenvalue weighted by Gasteiger charge is 2.14. The van der Waals surface area contributed by atoms with Gasteiger partial charge in [0.05, 0.1) is 13.0 Å². The van der Waals surface area contributed by atoms with E-state index >= 15 is 0 Å². The van der Waals surface area contributed by atoms with Crippen LogP contribution in [0.2, 0.25) is 0 Å². The molecule has 8 heteroatoms. The van der Waals surface area contributed by atoms with Gasteiger partial charge < -0.3 is 14.0 Å². The number of aromatic nitrogens is 2. The molecule has 0 atom stereocenters. The van der Waals surface area contributed by atoms with Gasteiger partial charge in [-0.3, -0.25) is 9.59 Å². The number of halogens is 1. The van der Waals surface area contributed by atoms with E-state index in [0.29, 0.717) is 29.0 Å². The van der Waals surface area contributed by atoms with Crippen LogP contribution in [0.5, 0.6) is 5.75 Å². The average Bonchev–Trinajstić information content (AvgIpc) is 3.26. The zero-order valence-corrected chi connectivity index (χ0v) is 17.4. The van der Waals surface area contributed by atoms with Crippen molar-refractivity contribution in [3.63, 3.8) is 0 Å². The standard InChI is InChI=1S/C23H23FN2O5/c1-3-12-29-18-8-6-16(7-9-18)20(27)10-11-22(28)30-14-21-25-23(26-31-21)17-5-4-15(2)19(24)13-17/h4-9,13H,3,10-12,14H2,1-2H3. The number of carbonyl (C=O) groups is 2. The van der Waals surface area contributed by atoms with Crippen LogP contribution in [0.25, 0.3) is 11.4 Å². The van der Waals surface area contributed by atoms with Crippen LogP contribution in [0, 0.1) is 12.7 Å². The second-order valence-electron chi connectivity index (χ2n) is 6.93. The van der Waals surface area contributed by atoms with Crippen molar-refractivity contribution in [2.75, 3.05) is 6.61 Å². The van der Waals surface area contributed by atoms with Crippen molar-refractivity contribution in [2.24, 2.45) is 0 Å². The summed E-state index contributed by atoms with van der Waals surface area (Å²) in [7, 11) is 0. The molecular weight excluding hydrogens is 403 g/mol. The lowest BCUT2D eigenvalue weighted by molar-refractivity contribution is -0.145. The Morgan fingerprint density at radius 2 is 1.87 bits per heavy atom. The van der Waals surface area contributed by atoms with Crippen molar-refractivity contribution in [1.29, 1.82) is 0 Å². The normalized spacial score (nSPS) is 10.7. The first kappa shape index (κ1) is 22.1. The van der Waals surface area contributed by atoms with E-state index in [0.717, 1.165) is 6.42 Å². The number of rotatable bonds is 10. The van der Waals surface area contributed by atoms with Crippen LogP contribution >= 0.6 is 0 Å². The molecule has 0 unspecified atom stereocenters. The molecule has 0 bridgehead atoms. The molecule has 162 valence electrons. The Labute approximate surface area is 179 Å². The van der Waals surface area contributed by atoms with E-state index < -0.39 is 5.97 Å². The van der Waals surface area contributed by atoms with Gasteiger partial charge in [0.15, 0.2) is 12.4 Å². The van der Waals surface area contributed by atoms with Gasteiger partial charge in [0.1, 0.15) is 11.6 Å². The van der Waals surface area contributed by atoms with Gasteiger partial charge in [-0.2, -0.15) is 4.98 Å². The van der Waals surface area contributed by atoms with E-state index in [-0.39, 0.29) is 42.8 Å². The molecule has 0 radical (unpaired) electrons. The average molecular weight is 426 g/mol. The number of aryl methyl sites for hydroxylation is 1. The van der Waals surface area contributed by atoms with Crippen molar-refractivity contribution < 1.29 is 28.0 Å². The second kappa shape index (κ2) is 10.5. The summed E-state index contributed by atoms with van der Waals surface area (Å²) in [5.74, 6) is -0.115. The molecule has 3 rings (SSSR count). The molecule has 31 heavy (non-hydrogen) atoms. The van der Waals surface area contributed by atoms with Gasteiger partial charge in [0.25, 0.3) is 5.89 Å². The molecule has 0 aliphatic carbocycles. The minimum Gasteiger partial charge on any atom is -0.494 e. The van der Waals surface area contributed by atoms with Crippen LogP contribution < -0.4 is 4.74 Å². The predicted molar refractivity (Wildman–Crippen MR) is 110 cm³/mol. The maximum absolute atomic E-state index is 13.7. The van der Waals surface area contributed by atoms with Gasteiger partial charge in [0, 0.05) is 17.5 Å². The Morgan fingerprint density at radius 1 is 1.10 bits per heavy atom. The molecule has 0 aliphatic rings. The number of ketones is 1. The highest BCUT2D eigenvalue weighted by Crippen LogP contribution is 2.19. The molecule has 1 aromatic heterocycles. The van der Waals surface area contributed by atoms with Crippen LogP contribution in [0.15, 0.2) is 47.0 Å². The molecule has 0 saturated carbocycles. The number of ether oxygens (including phenoxy) is 2. The number of hydrogen-bond acceptors (Lipinski definition) is 7. The highest BCUT2D eigenvalue weighted by molar-refractivity contribution is 5.97. The summed E-state index contributed by atoms with van der Waals surface area (Å²) < 4.78 is 29.3. The van der Waals surface area contributed by atoms with Gasteiger partial charge in [-0.15, -0.1) is 0 Å². The molecule has 0 N–H and O–H groups in total. The Bertz CT molecular complexity index is 1050. The lowest BCUT2D eigenvalue weighted by atomic mass is 10.1. The predicted octanol–water partition coefficient (Wildman–Crippen LogP) is 4.68. The van der Waals surface area contributed by atoms with Gasteiger partial charge >= 0.3 is 5.97 Å². The number of hydrogen-bond donors (Lipinski definition) is 0. The van der Waals surface area contributed by atoms with Crippen molar-refractivity contribution in [1.82, 2.24) is 10.1 Å². The van der Waals surface area contributed by atoms with Crippen LogP contribution in [-0.2, 0) is 16.1 Å². The third kappa shape index (κ3) is 6.21. The summed E-state index contributed by atoms with van der Waals surface area (Å²) in [4.78, 5) is 28.3. The summed E-state index contributed by atoms with van der Waals surface area (Å²) >= 11 is 0. The monoisotopic (exact) mass is 426 g/mol. The van der Waals surface area contributed by atoms with Crippen molar-refractivity contribution >= 4 is 11.8 Å². The minimum absolute atomic E-state index is 0.0196. The van der Waals surface area contributed by atoms with Crippen LogP contribution in [0.4, 0.5) is 4.39 Å². The number of esters is 1. The number of benzene rings is 2. The van der Waals surface area contributed by atoms with Crippen LogP contribution in [0.3, 0.4) is 0 Å². The van der Waals surface area contributed by atoms with E-state index in [1.807, 2.05) is 6.92 Å². The lowest BCUT2D eigenvalue weighted by Crippen LogP contribution is -2.08. The molecule has 0 fully saturated rings. The molecule has 7 nitrogen and oxygen atoms in total. The lowest BCUT2D eigenvalue weighted by Gasteiger charge is -2.05.